The Morgan fingerprint density at radius 1 is 0.692 bits per heavy atom. The van der Waals surface area contributed by atoms with E-state index in [-0.39, 0.29) is 18.4 Å². The molecule has 128 valence electrons. The molecule has 0 radical (unpaired) electrons. The van der Waals surface area contributed by atoms with Crippen LogP contribution in [-0.4, -0.2) is 16.7 Å². The molecule has 1 heterocycles. The first kappa shape index (κ1) is 16.1. The van der Waals surface area contributed by atoms with E-state index in [1.807, 2.05) is 54.6 Å². The number of hydrogen-bond donors (Lipinski definition) is 1. The zero-order valence-corrected chi connectivity index (χ0v) is 14.2. The van der Waals surface area contributed by atoms with E-state index < -0.39 is 0 Å². The van der Waals surface area contributed by atoms with Crippen LogP contribution in [0.1, 0.15) is 31.8 Å². The van der Waals surface area contributed by atoms with Crippen molar-refractivity contribution in [2.75, 3.05) is 5.32 Å². The number of fused-ring (bicyclic) bond motifs is 1. The second kappa shape index (κ2) is 6.84. The molecule has 1 N–H and O–H groups in total. The summed E-state index contributed by atoms with van der Waals surface area (Å²) < 4.78 is 0. The second-order valence-corrected chi connectivity index (χ2v) is 6.28. The van der Waals surface area contributed by atoms with E-state index >= 15 is 0 Å². The van der Waals surface area contributed by atoms with Crippen molar-refractivity contribution in [3.63, 3.8) is 0 Å². The van der Waals surface area contributed by atoms with Gasteiger partial charge in [-0.3, -0.25) is 14.5 Å². The number of rotatable bonds is 5. The summed E-state index contributed by atoms with van der Waals surface area (Å²) in [5, 5.41) is 3.37. The van der Waals surface area contributed by atoms with Gasteiger partial charge >= 0.3 is 0 Å². The quantitative estimate of drug-likeness (QED) is 0.710. The van der Waals surface area contributed by atoms with E-state index in [1.54, 1.807) is 24.3 Å². The monoisotopic (exact) mass is 342 g/mol. The van der Waals surface area contributed by atoms with E-state index in [4.69, 9.17) is 0 Å². The van der Waals surface area contributed by atoms with Crippen LogP contribution < -0.4 is 5.32 Å². The molecule has 4 nitrogen and oxygen atoms in total. The van der Waals surface area contributed by atoms with Crippen molar-refractivity contribution < 1.29 is 9.59 Å². The van der Waals surface area contributed by atoms with Crippen LogP contribution in [0.5, 0.6) is 0 Å². The van der Waals surface area contributed by atoms with Crippen molar-refractivity contribution in [1.82, 2.24) is 4.90 Å². The first-order valence-corrected chi connectivity index (χ1v) is 8.54. The minimum Gasteiger partial charge on any atom is -0.381 e. The lowest BCUT2D eigenvalue weighted by Gasteiger charge is -2.15. The van der Waals surface area contributed by atoms with E-state index in [1.165, 1.54) is 4.90 Å². The topological polar surface area (TPSA) is 49.4 Å². The number of imide groups is 1. The van der Waals surface area contributed by atoms with Crippen LogP contribution >= 0.6 is 0 Å². The Hall–Kier alpha value is -3.40. The maximum atomic E-state index is 12.5. The maximum Gasteiger partial charge on any atom is 0.261 e. The summed E-state index contributed by atoms with van der Waals surface area (Å²) in [6.45, 7) is 0.964. The van der Waals surface area contributed by atoms with Crippen molar-refractivity contribution in [2.45, 2.75) is 13.1 Å². The molecule has 4 heteroatoms. The van der Waals surface area contributed by atoms with Crippen LogP contribution in [0.2, 0.25) is 0 Å². The van der Waals surface area contributed by atoms with Gasteiger partial charge in [-0.25, -0.2) is 0 Å². The van der Waals surface area contributed by atoms with Gasteiger partial charge in [0, 0.05) is 12.2 Å². The fourth-order valence-electron chi connectivity index (χ4n) is 3.16. The van der Waals surface area contributed by atoms with Crippen molar-refractivity contribution in [2.24, 2.45) is 0 Å². The third-order valence-corrected chi connectivity index (χ3v) is 4.48. The standard InChI is InChI=1S/C22H18N2O2/c25-21-19-11-4-5-12-20(19)22(26)24(21)15-17-8-6-7-16(13-17)14-23-18-9-2-1-3-10-18/h1-13,23H,14-15H2. The number of amides is 2. The summed E-state index contributed by atoms with van der Waals surface area (Å²) >= 11 is 0. The van der Waals surface area contributed by atoms with Crippen molar-refractivity contribution >= 4 is 17.5 Å². The number of nitrogens with one attached hydrogen (secondary N) is 1. The lowest BCUT2D eigenvalue weighted by atomic mass is 10.1. The average Bonchev–Trinajstić information content (AvgIpc) is 2.93. The van der Waals surface area contributed by atoms with Crippen LogP contribution in [0.3, 0.4) is 0 Å². The van der Waals surface area contributed by atoms with Crippen LogP contribution in [0.25, 0.3) is 0 Å². The molecule has 0 aromatic heterocycles. The molecule has 2 amide bonds. The molecule has 0 spiro atoms. The molecule has 0 unspecified atom stereocenters. The Bertz CT molecular complexity index is 932. The number of anilines is 1. The SMILES string of the molecule is O=C1c2ccccc2C(=O)N1Cc1cccc(CNc2ccccc2)c1. The third-order valence-electron chi connectivity index (χ3n) is 4.48. The van der Waals surface area contributed by atoms with Gasteiger partial charge in [0.15, 0.2) is 0 Å². The van der Waals surface area contributed by atoms with Crippen LogP contribution in [-0.2, 0) is 13.1 Å². The van der Waals surface area contributed by atoms with Crippen LogP contribution in [0.15, 0.2) is 78.9 Å². The largest absolute Gasteiger partial charge is 0.381 e. The van der Waals surface area contributed by atoms with Crippen molar-refractivity contribution in [3.05, 3.63) is 101 Å². The van der Waals surface area contributed by atoms with Gasteiger partial charge in [-0.2, -0.15) is 0 Å². The zero-order chi connectivity index (χ0) is 17.9. The Morgan fingerprint density at radius 3 is 2.00 bits per heavy atom. The number of carbonyl (C=O) groups excluding carboxylic acids is 2. The molecule has 1 aliphatic heterocycles. The molecule has 3 aromatic rings. The summed E-state index contributed by atoms with van der Waals surface area (Å²) in [4.78, 5) is 26.3. The average molecular weight is 342 g/mol. The predicted molar refractivity (Wildman–Crippen MR) is 101 cm³/mol. The number of benzene rings is 3. The number of carbonyl (C=O) groups is 2. The maximum absolute atomic E-state index is 12.5. The molecule has 0 saturated carbocycles. The number of hydrogen-bond acceptors (Lipinski definition) is 3. The van der Waals surface area contributed by atoms with Crippen LogP contribution in [0, 0.1) is 0 Å². The highest BCUT2D eigenvalue weighted by Gasteiger charge is 2.34. The molecule has 4 rings (SSSR count). The Kier molecular flexibility index (Phi) is 4.23. The highest BCUT2D eigenvalue weighted by molar-refractivity contribution is 6.21. The minimum absolute atomic E-state index is 0.224. The summed E-state index contributed by atoms with van der Waals surface area (Å²) in [5.41, 5.74) is 4.06. The van der Waals surface area contributed by atoms with Gasteiger partial charge in [0.05, 0.1) is 17.7 Å². The molecule has 0 aliphatic carbocycles. The lowest BCUT2D eigenvalue weighted by Crippen LogP contribution is -2.29. The molecule has 0 fully saturated rings. The highest BCUT2D eigenvalue weighted by atomic mass is 16.2. The summed E-state index contributed by atoms with van der Waals surface area (Å²) in [6, 6.07) is 24.9. The van der Waals surface area contributed by atoms with Gasteiger partial charge in [-0.05, 0) is 35.4 Å². The molecule has 0 saturated heterocycles. The van der Waals surface area contributed by atoms with Crippen molar-refractivity contribution in [1.29, 1.82) is 0 Å². The Balaban J connectivity index is 1.48. The van der Waals surface area contributed by atoms with Crippen molar-refractivity contribution in [3.8, 4) is 0 Å². The third kappa shape index (κ3) is 3.09. The van der Waals surface area contributed by atoms with Gasteiger partial charge in [-0.15, -0.1) is 0 Å². The minimum atomic E-state index is -0.224. The lowest BCUT2D eigenvalue weighted by molar-refractivity contribution is 0.0642. The molecule has 3 aromatic carbocycles. The van der Waals surface area contributed by atoms with E-state index in [0.717, 1.165) is 16.8 Å². The zero-order valence-electron chi connectivity index (χ0n) is 14.2. The predicted octanol–water partition coefficient (Wildman–Crippen LogP) is 4.09. The summed E-state index contributed by atoms with van der Waals surface area (Å²) in [5.74, 6) is -0.447. The van der Waals surface area contributed by atoms with E-state index in [2.05, 4.69) is 5.32 Å². The van der Waals surface area contributed by atoms with Gasteiger partial charge in [0.1, 0.15) is 0 Å². The Morgan fingerprint density at radius 2 is 1.31 bits per heavy atom. The highest BCUT2D eigenvalue weighted by Crippen LogP contribution is 2.24. The second-order valence-electron chi connectivity index (χ2n) is 6.28. The normalized spacial score (nSPS) is 13.0. The fraction of sp³-hybridized carbons (Fsp3) is 0.0909. The molecule has 0 bridgehead atoms. The molecule has 26 heavy (non-hydrogen) atoms. The first-order chi connectivity index (χ1) is 12.7. The smallest absolute Gasteiger partial charge is 0.261 e. The molecular formula is C22H18N2O2. The van der Waals surface area contributed by atoms with Gasteiger partial charge in [0.25, 0.3) is 11.8 Å². The summed E-state index contributed by atoms with van der Waals surface area (Å²) in [7, 11) is 0. The Labute approximate surface area is 152 Å². The fourth-order valence-corrected chi connectivity index (χ4v) is 3.16. The van der Waals surface area contributed by atoms with Gasteiger partial charge in [0.2, 0.25) is 0 Å². The molecule has 1 aliphatic rings. The van der Waals surface area contributed by atoms with E-state index in [9.17, 15) is 9.59 Å². The van der Waals surface area contributed by atoms with Crippen LogP contribution in [0.4, 0.5) is 5.69 Å². The van der Waals surface area contributed by atoms with Gasteiger partial charge in [-0.1, -0.05) is 54.6 Å². The summed E-state index contributed by atoms with van der Waals surface area (Å²) in [6.07, 6.45) is 0. The number of nitrogens with zero attached hydrogens (tertiary/aromatic N) is 1. The molecular weight excluding hydrogens is 324 g/mol. The number of para-hydroxylation sites is 1. The molecule has 0 atom stereocenters. The first-order valence-electron chi connectivity index (χ1n) is 8.54. The van der Waals surface area contributed by atoms with Gasteiger partial charge < -0.3 is 5.32 Å². The van der Waals surface area contributed by atoms with E-state index in [0.29, 0.717) is 17.7 Å².